The highest BCUT2D eigenvalue weighted by atomic mass is 16.5. The molecule has 0 unspecified atom stereocenters. The van der Waals surface area contributed by atoms with Gasteiger partial charge < -0.3 is 19.6 Å². The number of hydrogen-bond donors (Lipinski definition) is 1. The molecule has 0 aromatic heterocycles. The number of piperazine rings is 1. The van der Waals surface area contributed by atoms with E-state index in [1.54, 1.807) is 11.8 Å². The molecule has 0 radical (unpaired) electrons. The molecule has 2 saturated heterocycles. The van der Waals surface area contributed by atoms with Crippen LogP contribution in [-0.2, 0) is 14.3 Å². The molecule has 3 fully saturated rings. The van der Waals surface area contributed by atoms with E-state index in [9.17, 15) is 14.7 Å². The maximum atomic E-state index is 12.7. The molecule has 3 rings (SSSR count). The van der Waals surface area contributed by atoms with Crippen LogP contribution in [0.1, 0.15) is 32.6 Å². The molecule has 2 amide bonds. The molecule has 7 heteroatoms. The zero-order valence-corrected chi connectivity index (χ0v) is 15.4. The van der Waals surface area contributed by atoms with Gasteiger partial charge in [-0.05, 0) is 25.7 Å². The van der Waals surface area contributed by atoms with Crippen LogP contribution in [-0.4, -0.2) is 96.2 Å². The van der Waals surface area contributed by atoms with Crippen LogP contribution in [0.3, 0.4) is 0 Å². The SMILES string of the molecule is CC(=O)N1CCN([C@@H]2CC[C@@H](N(C)C(=O)C3CCOCC3)[C@H]2O)CC1. The molecule has 142 valence electrons. The van der Waals surface area contributed by atoms with E-state index >= 15 is 0 Å². The second kappa shape index (κ2) is 8.01. The topological polar surface area (TPSA) is 73.3 Å². The van der Waals surface area contributed by atoms with Gasteiger partial charge in [0, 0.05) is 65.3 Å². The number of ether oxygens (including phenoxy) is 1. The lowest BCUT2D eigenvalue weighted by atomic mass is 9.97. The first-order chi connectivity index (χ1) is 12.0. The minimum Gasteiger partial charge on any atom is -0.389 e. The fourth-order valence-corrected chi connectivity index (χ4v) is 4.53. The molecule has 3 atom stereocenters. The fraction of sp³-hybridized carbons (Fsp3) is 0.889. The molecule has 25 heavy (non-hydrogen) atoms. The molecule has 0 aromatic carbocycles. The molecule has 2 aliphatic heterocycles. The first-order valence-electron chi connectivity index (χ1n) is 9.51. The Hall–Kier alpha value is -1.18. The lowest BCUT2D eigenvalue weighted by Gasteiger charge is -2.40. The smallest absolute Gasteiger partial charge is 0.225 e. The third-order valence-corrected chi connectivity index (χ3v) is 6.19. The van der Waals surface area contributed by atoms with E-state index in [-0.39, 0.29) is 29.8 Å². The van der Waals surface area contributed by atoms with Crippen molar-refractivity contribution in [2.45, 2.75) is 50.8 Å². The maximum Gasteiger partial charge on any atom is 0.225 e. The molecule has 1 N–H and O–H groups in total. The Balaban J connectivity index is 1.55. The van der Waals surface area contributed by atoms with Crippen LogP contribution >= 0.6 is 0 Å². The summed E-state index contributed by atoms with van der Waals surface area (Å²) >= 11 is 0. The third-order valence-electron chi connectivity index (χ3n) is 6.19. The molecule has 3 aliphatic rings. The number of aliphatic hydroxyl groups excluding tert-OH is 1. The summed E-state index contributed by atoms with van der Waals surface area (Å²) in [5.41, 5.74) is 0. The van der Waals surface area contributed by atoms with Crippen LogP contribution in [0.5, 0.6) is 0 Å². The minimum absolute atomic E-state index is 0.0316. The molecule has 0 spiro atoms. The molecule has 0 bridgehead atoms. The van der Waals surface area contributed by atoms with Gasteiger partial charge in [0.25, 0.3) is 0 Å². The largest absolute Gasteiger partial charge is 0.389 e. The Kier molecular flexibility index (Phi) is 5.96. The standard InChI is InChI=1S/C18H31N3O4/c1-13(22)20-7-9-21(10-8-20)16-4-3-15(17(16)23)19(2)18(24)14-5-11-25-12-6-14/h14-17,23H,3-12H2,1-2H3/t15-,16-,17-/m1/s1. The first-order valence-corrected chi connectivity index (χ1v) is 9.51. The van der Waals surface area contributed by atoms with Crippen molar-refractivity contribution in [1.82, 2.24) is 14.7 Å². The summed E-state index contributed by atoms with van der Waals surface area (Å²) in [6, 6.07) is -0.0183. The number of amides is 2. The van der Waals surface area contributed by atoms with E-state index in [1.165, 1.54) is 0 Å². The van der Waals surface area contributed by atoms with E-state index in [0.717, 1.165) is 51.9 Å². The van der Waals surface area contributed by atoms with Gasteiger partial charge in [0.1, 0.15) is 0 Å². The monoisotopic (exact) mass is 353 g/mol. The summed E-state index contributed by atoms with van der Waals surface area (Å²) < 4.78 is 5.34. The summed E-state index contributed by atoms with van der Waals surface area (Å²) in [6.45, 7) is 5.95. The highest BCUT2D eigenvalue weighted by Crippen LogP contribution is 2.30. The van der Waals surface area contributed by atoms with Crippen molar-refractivity contribution in [3.63, 3.8) is 0 Å². The molecule has 1 saturated carbocycles. The van der Waals surface area contributed by atoms with Crippen LogP contribution in [0.4, 0.5) is 0 Å². The van der Waals surface area contributed by atoms with Crippen molar-refractivity contribution >= 4 is 11.8 Å². The van der Waals surface area contributed by atoms with Gasteiger partial charge in [-0.15, -0.1) is 0 Å². The fourth-order valence-electron chi connectivity index (χ4n) is 4.53. The first kappa shape index (κ1) is 18.6. The van der Waals surface area contributed by atoms with Crippen LogP contribution in [0.2, 0.25) is 0 Å². The van der Waals surface area contributed by atoms with E-state index in [0.29, 0.717) is 13.2 Å². The lowest BCUT2D eigenvalue weighted by Crippen LogP contribution is -2.55. The van der Waals surface area contributed by atoms with Crippen LogP contribution in [0.15, 0.2) is 0 Å². The van der Waals surface area contributed by atoms with Crippen molar-refractivity contribution < 1.29 is 19.4 Å². The van der Waals surface area contributed by atoms with Crippen molar-refractivity contribution in [1.29, 1.82) is 0 Å². The Morgan fingerprint density at radius 1 is 1.04 bits per heavy atom. The molecular weight excluding hydrogens is 322 g/mol. The maximum absolute atomic E-state index is 12.7. The number of aliphatic hydroxyl groups is 1. The minimum atomic E-state index is -0.516. The van der Waals surface area contributed by atoms with E-state index < -0.39 is 6.10 Å². The van der Waals surface area contributed by atoms with Crippen molar-refractivity contribution in [3.05, 3.63) is 0 Å². The zero-order valence-electron chi connectivity index (χ0n) is 15.4. The predicted molar refractivity (Wildman–Crippen MR) is 93.0 cm³/mol. The van der Waals surface area contributed by atoms with Gasteiger partial charge >= 0.3 is 0 Å². The molecule has 1 aliphatic carbocycles. The quantitative estimate of drug-likeness (QED) is 0.769. The average molecular weight is 353 g/mol. The van der Waals surface area contributed by atoms with Crippen molar-refractivity contribution in [2.24, 2.45) is 5.92 Å². The highest BCUT2D eigenvalue weighted by molar-refractivity contribution is 5.79. The second-order valence-corrected chi connectivity index (χ2v) is 7.58. The summed E-state index contributed by atoms with van der Waals surface area (Å²) in [6.07, 6.45) is 2.78. The van der Waals surface area contributed by atoms with E-state index in [2.05, 4.69) is 4.90 Å². The Bertz CT molecular complexity index is 487. The summed E-state index contributed by atoms with van der Waals surface area (Å²) in [4.78, 5) is 30.1. The van der Waals surface area contributed by atoms with E-state index in [4.69, 9.17) is 4.74 Å². The summed E-state index contributed by atoms with van der Waals surface area (Å²) in [7, 11) is 1.84. The molecular formula is C18H31N3O4. The Morgan fingerprint density at radius 3 is 2.28 bits per heavy atom. The lowest BCUT2D eigenvalue weighted by molar-refractivity contribution is -0.142. The molecule has 7 nitrogen and oxygen atoms in total. The van der Waals surface area contributed by atoms with Crippen LogP contribution in [0, 0.1) is 5.92 Å². The number of carbonyl (C=O) groups excluding carboxylic acids is 2. The number of hydrogen-bond acceptors (Lipinski definition) is 5. The Labute approximate surface area is 149 Å². The van der Waals surface area contributed by atoms with E-state index in [1.807, 2.05) is 11.9 Å². The predicted octanol–water partition coefficient (Wildman–Crippen LogP) is -0.0726. The van der Waals surface area contributed by atoms with Crippen LogP contribution in [0.25, 0.3) is 0 Å². The van der Waals surface area contributed by atoms with Crippen molar-refractivity contribution in [2.75, 3.05) is 46.4 Å². The highest BCUT2D eigenvalue weighted by Gasteiger charge is 2.43. The van der Waals surface area contributed by atoms with Gasteiger partial charge in [0.05, 0.1) is 12.1 Å². The number of rotatable bonds is 3. The average Bonchev–Trinajstić information content (AvgIpc) is 3.02. The van der Waals surface area contributed by atoms with Gasteiger partial charge in [0.2, 0.25) is 11.8 Å². The number of carbonyl (C=O) groups is 2. The van der Waals surface area contributed by atoms with Gasteiger partial charge in [-0.1, -0.05) is 0 Å². The summed E-state index contributed by atoms with van der Waals surface area (Å²) in [5, 5.41) is 10.9. The van der Waals surface area contributed by atoms with Crippen LogP contribution < -0.4 is 0 Å². The Morgan fingerprint density at radius 2 is 1.68 bits per heavy atom. The van der Waals surface area contributed by atoms with Gasteiger partial charge in [-0.3, -0.25) is 14.5 Å². The van der Waals surface area contributed by atoms with Gasteiger partial charge in [-0.2, -0.15) is 0 Å². The third kappa shape index (κ3) is 3.99. The number of nitrogens with zero attached hydrogens (tertiary/aromatic N) is 3. The van der Waals surface area contributed by atoms with Gasteiger partial charge in [0.15, 0.2) is 0 Å². The molecule has 2 heterocycles. The zero-order chi connectivity index (χ0) is 18.0. The number of likely N-dealkylation sites (N-methyl/N-ethyl adjacent to an activating group) is 1. The van der Waals surface area contributed by atoms with Gasteiger partial charge in [-0.25, -0.2) is 0 Å². The molecule has 0 aromatic rings. The van der Waals surface area contributed by atoms with Crippen molar-refractivity contribution in [3.8, 4) is 0 Å². The second-order valence-electron chi connectivity index (χ2n) is 7.58. The normalized spacial score (nSPS) is 32.0. The summed E-state index contributed by atoms with van der Waals surface area (Å²) in [5.74, 6) is 0.296.